The Labute approximate surface area is 161 Å². The van der Waals surface area contributed by atoms with Crippen LogP contribution in [0.25, 0.3) is 11.0 Å². The van der Waals surface area contributed by atoms with E-state index in [4.69, 9.17) is 16.6 Å². The molecule has 0 saturated carbocycles. The van der Waals surface area contributed by atoms with Crippen molar-refractivity contribution in [2.75, 3.05) is 19.6 Å². The second-order valence-electron chi connectivity index (χ2n) is 6.65. The van der Waals surface area contributed by atoms with Crippen molar-refractivity contribution in [2.24, 2.45) is 0 Å². The van der Waals surface area contributed by atoms with E-state index in [1.165, 1.54) is 11.1 Å². The minimum Gasteiger partial charge on any atom is -0.326 e. The van der Waals surface area contributed by atoms with Crippen LogP contribution in [0.5, 0.6) is 0 Å². The normalized spacial score (nSPS) is 12.8. The first-order valence-electron chi connectivity index (χ1n) is 9.60. The highest BCUT2D eigenvalue weighted by molar-refractivity contribution is 6.31. The van der Waals surface area contributed by atoms with Crippen LogP contribution in [-0.4, -0.2) is 34.1 Å². The minimum absolute atomic E-state index is 0.291. The van der Waals surface area contributed by atoms with Gasteiger partial charge in [-0.05, 0) is 43.3 Å². The van der Waals surface area contributed by atoms with E-state index in [0.29, 0.717) is 5.92 Å². The number of aromatic nitrogens is 2. The maximum absolute atomic E-state index is 6.23. The first kappa shape index (κ1) is 18.9. The molecule has 1 aromatic heterocycles. The Morgan fingerprint density at radius 1 is 1.04 bits per heavy atom. The van der Waals surface area contributed by atoms with Crippen LogP contribution in [0, 0.1) is 0 Å². The van der Waals surface area contributed by atoms with Gasteiger partial charge >= 0.3 is 0 Å². The van der Waals surface area contributed by atoms with Crippen molar-refractivity contribution >= 4 is 22.6 Å². The van der Waals surface area contributed by atoms with E-state index in [9.17, 15) is 0 Å². The Bertz CT molecular complexity index is 837. The molecule has 1 atom stereocenters. The number of halogens is 1. The lowest BCUT2D eigenvalue weighted by molar-refractivity contribution is 0.290. The van der Waals surface area contributed by atoms with E-state index in [0.717, 1.165) is 49.0 Å². The summed E-state index contributed by atoms with van der Waals surface area (Å²) in [6, 6.07) is 16.7. The number of hydrogen-bond acceptors (Lipinski definition) is 2. The molecule has 0 fully saturated rings. The van der Waals surface area contributed by atoms with Crippen molar-refractivity contribution in [1.29, 1.82) is 0 Å². The highest BCUT2D eigenvalue weighted by atomic mass is 35.5. The Balaban J connectivity index is 2.06. The van der Waals surface area contributed by atoms with Crippen molar-refractivity contribution in [3.8, 4) is 0 Å². The monoisotopic (exact) mass is 369 g/mol. The SMILES string of the molecule is CCC(c1ccccc1)c1nc2cc(Cl)ccc2n1CCN(CC)CC. The Kier molecular flexibility index (Phi) is 6.33. The summed E-state index contributed by atoms with van der Waals surface area (Å²) in [5.74, 6) is 1.43. The molecule has 1 unspecified atom stereocenters. The van der Waals surface area contributed by atoms with Crippen LogP contribution in [0.3, 0.4) is 0 Å². The summed E-state index contributed by atoms with van der Waals surface area (Å²) >= 11 is 6.23. The second-order valence-corrected chi connectivity index (χ2v) is 7.09. The van der Waals surface area contributed by atoms with Gasteiger partial charge in [0.25, 0.3) is 0 Å². The molecule has 1 heterocycles. The van der Waals surface area contributed by atoms with Gasteiger partial charge in [-0.25, -0.2) is 4.98 Å². The molecule has 3 nitrogen and oxygen atoms in total. The molecule has 3 aromatic rings. The fourth-order valence-electron chi connectivity index (χ4n) is 3.66. The zero-order valence-electron chi connectivity index (χ0n) is 16.0. The number of benzene rings is 2. The third kappa shape index (κ3) is 3.94. The molecule has 2 aromatic carbocycles. The third-order valence-corrected chi connectivity index (χ3v) is 5.43. The maximum atomic E-state index is 6.23. The lowest BCUT2D eigenvalue weighted by Crippen LogP contribution is -2.27. The van der Waals surface area contributed by atoms with Gasteiger partial charge in [-0.2, -0.15) is 0 Å². The van der Waals surface area contributed by atoms with Crippen molar-refractivity contribution in [2.45, 2.75) is 39.7 Å². The lowest BCUT2D eigenvalue weighted by atomic mass is 9.95. The molecule has 3 rings (SSSR count). The fourth-order valence-corrected chi connectivity index (χ4v) is 3.82. The van der Waals surface area contributed by atoms with E-state index in [-0.39, 0.29) is 0 Å². The molecular formula is C22H28ClN3. The summed E-state index contributed by atoms with van der Waals surface area (Å²) in [7, 11) is 0. The van der Waals surface area contributed by atoms with E-state index < -0.39 is 0 Å². The predicted octanol–water partition coefficient (Wildman–Crippen LogP) is 5.57. The number of likely N-dealkylation sites (N-methyl/N-ethyl adjacent to an activating group) is 1. The van der Waals surface area contributed by atoms with Crippen LogP contribution in [0.4, 0.5) is 0 Å². The molecule has 0 amide bonds. The van der Waals surface area contributed by atoms with Crippen LogP contribution in [0.2, 0.25) is 5.02 Å². The number of nitrogens with zero attached hydrogens (tertiary/aromatic N) is 3. The number of imidazole rings is 1. The van der Waals surface area contributed by atoms with Crippen molar-refractivity contribution in [3.05, 3.63) is 64.9 Å². The van der Waals surface area contributed by atoms with Gasteiger partial charge in [0.2, 0.25) is 0 Å². The minimum atomic E-state index is 0.291. The molecule has 4 heteroatoms. The van der Waals surface area contributed by atoms with Gasteiger partial charge in [0.15, 0.2) is 0 Å². The van der Waals surface area contributed by atoms with Gasteiger partial charge in [-0.1, -0.05) is 62.7 Å². The molecule has 0 aliphatic rings. The standard InChI is InChI=1S/C22H28ClN3/c1-4-19(17-10-8-7-9-11-17)22-24-20-16-18(23)12-13-21(20)26(22)15-14-25(5-2)6-3/h7-13,16,19H,4-6,14-15H2,1-3H3. The van der Waals surface area contributed by atoms with Gasteiger partial charge < -0.3 is 9.47 Å². The lowest BCUT2D eigenvalue weighted by Gasteiger charge is -2.22. The summed E-state index contributed by atoms with van der Waals surface area (Å²) in [6.45, 7) is 10.8. The Morgan fingerprint density at radius 3 is 2.42 bits per heavy atom. The highest BCUT2D eigenvalue weighted by Gasteiger charge is 2.21. The predicted molar refractivity (Wildman–Crippen MR) is 111 cm³/mol. The smallest absolute Gasteiger partial charge is 0.117 e. The third-order valence-electron chi connectivity index (χ3n) is 5.20. The zero-order chi connectivity index (χ0) is 18.5. The maximum Gasteiger partial charge on any atom is 0.117 e. The zero-order valence-corrected chi connectivity index (χ0v) is 16.7. The Morgan fingerprint density at radius 2 is 1.77 bits per heavy atom. The first-order valence-corrected chi connectivity index (χ1v) is 9.98. The van der Waals surface area contributed by atoms with Gasteiger partial charge in [0.05, 0.1) is 11.0 Å². The van der Waals surface area contributed by atoms with E-state index in [2.05, 4.69) is 66.6 Å². The van der Waals surface area contributed by atoms with Crippen molar-refractivity contribution in [3.63, 3.8) is 0 Å². The van der Waals surface area contributed by atoms with Gasteiger partial charge in [-0.3, -0.25) is 0 Å². The molecular weight excluding hydrogens is 342 g/mol. The quantitative estimate of drug-likeness (QED) is 0.517. The van der Waals surface area contributed by atoms with Crippen molar-refractivity contribution < 1.29 is 0 Å². The second kappa shape index (κ2) is 8.70. The van der Waals surface area contributed by atoms with Crippen LogP contribution < -0.4 is 0 Å². The van der Waals surface area contributed by atoms with Crippen LogP contribution in [-0.2, 0) is 6.54 Å². The van der Waals surface area contributed by atoms with Gasteiger partial charge in [0, 0.05) is 24.0 Å². The number of fused-ring (bicyclic) bond motifs is 1. The van der Waals surface area contributed by atoms with Crippen LogP contribution in [0.1, 0.15) is 44.5 Å². The number of hydrogen-bond donors (Lipinski definition) is 0. The molecule has 0 bridgehead atoms. The van der Waals surface area contributed by atoms with E-state index >= 15 is 0 Å². The van der Waals surface area contributed by atoms with Crippen molar-refractivity contribution in [1.82, 2.24) is 14.5 Å². The molecule has 0 aliphatic carbocycles. The van der Waals surface area contributed by atoms with Crippen LogP contribution in [0.15, 0.2) is 48.5 Å². The highest BCUT2D eigenvalue weighted by Crippen LogP contribution is 2.31. The number of rotatable bonds is 8. The topological polar surface area (TPSA) is 21.1 Å². The molecule has 0 saturated heterocycles. The largest absolute Gasteiger partial charge is 0.326 e. The van der Waals surface area contributed by atoms with Crippen LogP contribution >= 0.6 is 11.6 Å². The summed E-state index contributed by atoms with van der Waals surface area (Å²) in [5, 5.41) is 0.741. The summed E-state index contributed by atoms with van der Waals surface area (Å²) in [5.41, 5.74) is 3.48. The molecule has 0 spiro atoms. The molecule has 0 radical (unpaired) electrons. The molecule has 0 N–H and O–H groups in total. The van der Waals surface area contributed by atoms with Gasteiger partial charge in [-0.15, -0.1) is 0 Å². The van der Waals surface area contributed by atoms with Gasteiger partial charge in [0.1, 0.15) is 5.82 Å². The summed E-state index contributed by atoms with van der Waals surface area (Å²) in [4.78, 5) is 7.46. The molecule has 0 aliphatic heterocycles. The average molecular weight is 370 g/mol. The molecule has 26 heavy (non-hydrogen) atoms. The first-order chi connectivity index (χ1) is 12.7. The summed E-state index contributed by atoms with van der Waals surface area (Å²) < 4.78 is 2.39. The fraction of sp³-hybridized carbons (Fsp3) is 0.409. The van der Waals surface area contributed by atoms with E-state index in [1.807, 2.05) is 12.1 Å². The van der Waals surface area contributed by atoms with E-state index in [1.54, 1.807) is 0 Å². The average Bonchev–Trinajstić information content (AvgIpc) is 3.01. The Hall–Kier alpha value is -1.84. The summed E-state index contributed by atoms with van der Waals surface area (Å²) in [6.07, 6.45) is 1.02. The molecule has 138 valence electrons.